The molecule has 1 aliphatic carbocycles. The van der Waals surface area contributed by atoms with Gasteiger partial charge in [0.25, 0.3) is 0 Å². The lowest BCUT2D eigenvalue weighted by Gasteiger charge is -2.42. The summed E-state index contributed by atoms with van der Waals surface area (Å²) in [6.45, 7) is 7.67. The number of aromatic nitrogens is 3. The minimum absolute atomic E-state index is 0.452. The molecule has 102 valence electrons. The van der Waals surface area contributed by atoms with E-state index in [1.807, 2.05) is 0 Å². The molecule has 1 aromatic heterocycles. The smallest absolute Gasteiger partial charge is 0.138 e. The van der Waals surface area contributed by atoms with Crippen LogP contribution in [0.3, 0.4) is 0 Å². The maximum atomic E-state index is 4.45. The van der Waals surface area contributed by atoms with Crippen LogP contribution in [-0.4, -0.2) is 27.9 Å². The zero-order valence-corrected chi connectivity index (χ0v) is 11.8. The van der Waals surface area contributed by atoms with E-state index in [2.05, 4.69) is 33.9 Å². The van der Waals surface area contributed by atoms with Gasteiger partial charge in [-0.1, -0.05) is 20.3 Å². The molecule has 1 heterocycles. The summed E-state index contributed by atoms with van der Waals surface area (Å²) < 4.78 is 2.08. The highest BCUT2D eigenvalue weighted by Gasteiger charge is 2.37. The SMILES string of the molecule is CCCNCC1(Cc2ncnn2CCC)CCC1. The standard InChI is InChI=1S/C14H26N4/c1-3-8-15-11-14(6-5-7-14)10-13-16-12-17-18(13)9-4-2/h12,15H,3-11H2,1-2H3. The topological polar surface area (TPSA) is 42.7 Å². The van der Waals surface area contributed by atoms with E-state index in [9.17, 15) is 0 Å². The maximum Gasteiger partial charge on any atom is 0.138 e. The van der Waals surface area contributed by atoms with E-state index in [1.54, 1.807) is 6.33 Å². The highest BCUT2D eigenvalue weighted by Crippen LogP contribution is 2.42. The highest BCUT2D eigenvalue weighted by molar-refractivity contribution is 4.99. The molecule has 0 spiro atoms. The van der Waals surface area contributed by atoms with Crippen molar-refractivity contribution in [1.29, 1.82) is 0 Å². The summed E-state index contributed by atoms with van der Waals surface area (Å²) in [5.74, 6) is 1.18. The van der Waals surface area contributed by atoms with Gasteiger partial charge in [-0.25, -0.2) is 4.98 Å². The van der Waals surface area contributed by atoms with Crippen LogP contribution in [0.5, 0.6) is 0 Å². The molecule has 4 nitrogen and oxygen atoms in total. The first-order valence-electron chi connectivity index (χ1n) is 7.37. The molecular weight excluding hydrogens is 224 g/mol. The van der Waals surface area contributed by atoms with E-state index < -0.39 is 0 Å². The first kappa shape index (κ1) is 13.5. The Balaban J connectivity index is 1.94. The number of nitrogens with one attached hydrogen (secondary N) is 1. The van der Waals surface area contributed by atoms with E-state index in [4.69, 9.17) is 0 Å². The molecule has 1 aliphatic rings. The van der Waals surface area contributed by atoms with Crippen molar-refractivity contribution in [3.63, 3.8) is 0 Å². The molecule has 0 amide bonds. The Morgan fingerprint density at radius 1 is 1.33 bits per heavy atom. The molecular formula is C14H26N4. The Morgan fingerprint density at radius 3 is 2.78 bits per heavy atom. The Kier molecular flexibility index (Phi) is 4.75. The molecule has 0 aliphatic heterocycles. The molecule has 18 heavy (non-hydrogen) atoms. The van der Waals surface area contributed by atoms with Crippen LogP contribution in [0.1, 0.15) is 51.8 Å². The van der Waals surface area contributed by atoms with Crippen molar-refractivity contribution < 1.29 is 0 Å². The van der Waals surface area contributed by atoms with Crippen molar-refractivity contribution in [3.05, 3.63) is 12.2 Å². The normalized spacial score (nSPS) is 17.7. The van der Waals surface area contributed by atoms with Gasteiger partial charge in [0.1, 0.15) is 12.2 Å². The Bertz CT molecular complexity index is 354. The minimum atomic E-state index is 0.452. The van der Waals surface area contributed by atoms with Crippen molar-refractivity contribution in [2.24, 2.45) is 5.41 Å². The van der Waals surface area contributed by atoms with Gasteiger partial charge in [-0.05, 0) is 37.6 Å². The highest BCUT2D eigenvalue weighted by atomic mass is 15.3. The molecule has 4 heteroatoms. The van der Waals surface area contributed by atoms with Crippen molar-refractivity contribution in [2.75, 3.05) is 13.1 Å². The zero-order chi connectivity index (χ0) is 12.8. The second-order valence-electron chi connectivity index (χ2n) is 5.61. The number of rotatable bonds is 8. The first-order valence-corrected chi connectivity index (χ1v) is 7.37. The van der Waals surface area contributed by atoms with E-state index in [-0.39, 0.29) is 0 Å². The van der Waals surface area contributed by atoms with Crippen LogP contribution in [0, 0.1) is 5.41 Å². The van der Waals surface area contributed by atoms with Gasteiger partial charge in [0.15, 0.2) is 0 Å². The van der Waals surface area contributed by atoms with Crippen LogP contribution in [0.15, 0.2) is 6.33 Å². The lowest BCUT2D eigenvalue weighted by molar-refractivity contribution is 0.125. The fraction of sp³-hybridized carbons (Fsp3) is 0.857. The van der Waals surface area contributed by atoms with E-state index in [0.29, 0.717) is 5.41 Å². The number of aryl methyl sites for hydroxylation is 1. The molecule has 0 bridgehead atoms. The summed E-state index contributed by atoms with van der Waals surface area (Å²) in [5.41, 5.74) is 0.452. The molecule has 1 saturated carbocycles. The summed E-state index contributed by atoms with van der Waals surface area (Å²) in [5, 5.41) is 7.91. The zero-order valence-electron chi connectivity index (χ0n) is 11.8. The Morgan fingerprint density at radius 2 is 2.17 bits per heavy atom. The van der Waals surface area contributed by atoms with Crippen molar-refractivity contribution in [2.45, 2.75) is 58.9 Å². The quantitative estimate of drug-likeness (QED) is 0.720. The molecule has 0 saturated heterocycles. The van der Waals surface area contributed by atoms with Gasteiger partial charge in [0.2, 0.25) is 0 Å². The van der Waals surface area contributed by atoms with Crippen molar-refractivity contribution in [1.82, 2.24) is 20.1 Å². The number of hydrogen-bond donors (Lipinski definition) is 1. The molecule has 1 N–H and O–H groups in total. The van der Waals surface area contributed by atoms with Gasteiger partial charge in [0.05, 0.1) is 0 Å². The summed E-state index contributed by atoms with van der Waals surface area (Å²) in [7, 11) is 0. The molecule has 0 aromatic carbocycles. The Labute approximate surface area is 110 Å². The van der Waals surface area contributed by atoms with Crippen LogP contribution in [0.2, 0.25) is 0 Å². The molecule has 0 atom stereocenters. The van der Waals surface area contributed by atoms with Crippen LogP contribution in [0.4, 0.5) is 0 Å². The van der Waals surface area contributed by atoms with E-state index >= 15 is 0 Å². The fourth-order valence-electron chi connectivity index (χ4n) is 2.78. The summed E-state index contributed by atoms with van der Waals surface area (Å²) in [4.78, 5) is 4.45. The van der Waals surface area contributed by atoms with Crippen LogP contribution in [-0.2, 0) is 13.0 Å². The monoisotopic (exact) mass is 250 g/mol. The van der Waals surface area contributed by atoms with E-state index in [1.165, 1.54) is 31.5 Å². The van der Waals surface area contributed by atoms with Gasteiger partial charge in [-0.3, -0.25) is 4.68 Å². The minimum Gasteiger partial charge on any atom is -0.316 e. The molecule has 1 fully saturated rings. The van der Waals surface area contributed by atoms with Gasteiger partial charge in [-0.15, -0.1) is 0 Å². The van der Waals surface area contributed by atoms with Gasteiger partial charge in [0, 0.05) is 19.5 Å². The summed E-state index contributed by atoms with van der Waals surface area (Å²) in [6.07, 6.45) is 9.17. The first-order chi connectivity index (χ1) is 8.79. The third kappa shape index (κ3) is 3.10. The number of hydrogen-bond acceptors (Lipinski definition) is 3. The lowest BCUT2D eigenvalue weighted by Crippen LogP contribution is -2.42. The molecule has 1 aromatic rings. The van der Waals surface area contributed by atoms with Gasteiger partial charge in [-0.2, -0.15) is 5.10 Å². The second kappa shape index (κ2) is 6.32. The molecule has 2 rings (SSSR count). The van der Waals surface area contributed by atoms with Crippen LogP contribution >= 0.6 is 0 Å². The third-order valence-electron chi connectivity index (χ3n) is 4.01. The fourth-order valence-corrected chi connectivity index (χ4v) is 2.78. The predicted molar refractivity (Wildman–Crippen MR) is 73.5 cm³/mol. The maximum absolute atomic E-state index is 4.45. The number of nitrogens with zero attached hydrogens (tertiary/aromatic N) is 3. The van der Waals surface area contributed by atoms with Crippen LogP contribution < -0.4 is 5.32 Å². The average molecular weight is 250 g/mol. The molecule has 0 radical (unpaired) electrons. The predicted octanol–water partition coefficient (Wildman–Crippen LogP) is 2.40. The van der Waals surface area contributed by atoms with Gasteiger partial charge >= 0.3 is 0 Å². The van der Waals surface area contributed by atoms with Gasteiger partial charge < -0.3 is 5.32 Å². The van der Waals surface area contributed by atoms with E-state index in [0.717, 1.165) is 32.5 Å². The lowest BCUT2D eigenvalue weighted by atomic mass is 9.66. The van der Waals surface area contributed by atoms with Crippen LogP contribution in [0.25, 0.3) is 0 Å². The largest absolute Gasteiger partial charge is 0.316 e. The average Bonchev–Trinajstić information content (AvgIpc) is 2.74. The summed E-state index contributed by atoms with van der Waals surface area (Å²) in [6, 6.07) is 0. The van der Waals surface area contributed by atoms with Crippen molar-refractivity contribution in [3.8, 4) is 0 Å². The second-order valence-corrected chi connectivity index (χ2v) is 5.61. The third-order valence-corrected chi connectivity index (χ3v) is 4.01. The van der Waals surface area contributed by atoms with Crippen molar-refractivity contribution >= 4 is 0 Å². The summed E-state index contributed by atoms with van der Waals surface area (Å²) >= 11 is 0. The molecule has 0 unspecified atom stereocenters. The Hall–Kier alpha value is -0.900.